The molecule has 1 aromatic heterocycles. The third-order valence-electron chi connectivity index (χ3n) is 2.83. The van der Waals surface area contributed by atoms with Crippen molar-refractivity contribution in [2.75, 3.05) is 25.6 Å². The van der Waals surface area contributed by atoms with E-state index in [-0.39, 0.29) is 17.3 Å². The highest BCUT2D eigenvalue weighted by Crippen LogP contribution is 2.00. The number of carbonyl (C=O) groups excluding carboxylic acids is 1. The van der Waals surface area contributed by atoms with Gasteiger partial charge in [0.05, 0.1) is 6.61 Å². The fourth-order valence-electron chi connectivity index (χ4n) is 1.78. The molecule has 7 nitrogen and oxygen atoms in total. The Balaban J connectivity index is 2.70. The highest BCUT2D eigenvalue weighted by atomic mass is 16.5. The summed E-state index contributed by atoms with van der Waals surface area (Å²) in [6.45, 7) is 7.25. The van der Waals surface area contributed by atoms with Crippen molar-refractivity contribution in [2.24, 2.45) is 5.92 Å². The van der Waals surface area contributed by atoms with E-state index in [9.17, 15) is 9.59 Å². The largest absolute Gasteiger partial charge is 0.383 e. The second kappa shape index (κ2) is 8.41. The van der Waals surface area contributed by atoms with Gasteiger partial charge in [-0.1, -0.05) is 13.8 Å². The van der Waals surface area contributed by atoms with Gasteiger partial charge in [-0.05, 0) is 12.8 Å². The van der Waals surface area contributed by atoms with Crippen LogP contribution in [0.2, 0.25) is 0 Å². The Labute approximate surface area is 124 Å². The molecule has 21 heavy (non-hydrogen) atoms. The number of hydrogen-bond donors (Lipinski definition) is 2. The van der Waals surface area contributed by atoms with E-state index in [2.05, 4.69) is 15.6 Å². The average molecular weight is 296 g/mol. The minimum Gasteiger partial charge on any atom is -0.383 e. The molecule has 0 saturated carbocycles. The maximum absolute atomic E-state index is 12.2. The van der Waals surface area contributed by atoms with Gasteiger partial charge in [-0.15, -0.1) is 0 Å². The molecule has 0 fully saturated rings. The normalized spacial score (nSPS) is 12.2. The monoisotopic (exact) mass is 296 g/mol. The van der Waals surface area contributed by atoms with Crippen LogP contribution >= 0.6 is 0 Å². The third kappa shape index (κ3) is 5.55. The Morgan fingerprint density at radius 1 is 1.43 bits per heavy atom. The van der Waals surface area contributed by atoms with E-state index in [0.717, 1.165) is 0 Å². The van der Waals surface area contributed by atoms with Crippen LogP contribution in [0.4, 0.5) is 5.82 Å². The third-order valence-corrected chi connectivity index (χ3v) is 2.83. The van der Waals surface area contributed by atoms with Crippen LogP contribution in [0.15, 0.2) is 17.2 Å². The average Bonchev–Trinajstić information content (AvgIpc) is 2.42. The molecule has 1 amide bonds. The molecule has 0 aliphatic carbocycles. The fourth-order valence-corrected chi connectivity index (χ4v) is 1.78. The first-order chi connectivity index (χ1) is 9.95. The minimum absolute atomic E-state index is 0.188. The Bertz CT molecular complexity index is 513. The second-order valence-electron chi connectivity index (χ2n) is 5.28. The first-order valence-corrected chi connectivity index (χ1v) is 7.04. The van der Waals surface area contributed by atoms with E-state index in [1.807, 2.05) is 13.8 Å². The molecule has 7 heteroatoms. The van der Waals surface area contributed by atoms with Crippen LogP contribution < -0.4 is 16.2 Å². The highest BCUT2D eigenvalue weighted by Gasteiger charge is 2.15. The molecular formula is C14H24N4O3. The van der Waals surface area contributed by atoms with Gasteiger partial charge in [-0.25, -0.2) is 4.98 Å². The number of anilines is 1. The Kier molecular flexibility index (Phi) is 6.87. The van der Waals surface area contributed by atoms with Crippen LogP contribution in [0.3, 0.4) is 0 Å². The lowest BCUT2D eigenvalue weighted by Gasteiger charge is -2.15. The van der Waals surface area contributed by atoms with Crippen molar-refractivity contribution in [1.82, 2.24) is 14.9 Å². The summed E-state index contributed by atoms with van der Waals surface area (Å²) in [5, 5.41) is 5.56. The van der Waals surface area contributed by atoms with Gasteiger partial charge in [0.25, 0.3) is 5.56 Å². The van der Waals surface area contributed by atoms with E-state index >= 15 is 0 Å². The number of rotatable bonds is 8. The van der Waals surface area contributed by atoms with Crippen LogP contribution in [0.25, 0.3) is 0 Å². The molecule has 1 atom stereocenters. The van der Waals surface area contributed by atoms with Gasteiger partial charge in [0.2, 0.25) is 5.91 Å². The molecule has 0 aliphatic rings. The maximum Gasteiger partial charge on any atom is 0.293 e. The number of amides is 1. The Morgan fingerprint density at radius 2 is 2.14 bits per heavy atom. The van der Waals surface area contributed by atoms with Gasteiger partial charge in [0.1, 0.15) is 6.04 Å². The van der Waals surface area contributed by atoms with Crippen LogP contribution in [0, 0.1) is 5.92 Å². The lowest BCUT2D eigenvalue weighted by atomic mass is 10.2. The van der Waals surface area contributed by atoms with Crippen LogP contribution in [0.5, 0.6) is 0 Å². The number of aromatic nitrogens is 2. The molecule has 0 radical (unpaired) electrons. The first kappa shape index (κ1) is 17.2. The lowest BCUT2D eigenvalue weighted by Crippen LogP contribution is -2.40. The van der Waals surface area contributed by atoms with Crippen molar-refractivity contribution in [3.05, 3.63) is 22.7 Å². The molecule has 1 heterocycles. The van der Waals surface area contributed by atoms with Crippen molar-refractivity contribution in [3.8, 4) is 0 Å². The molecule has 0 aliphatic heterocycles. The molecule has 0 saturated heterocycles. The molecule has 0 bridgehead atoms. The molecule has 1 rings (SSSR count). The molecule has 0 spiro atoms. The predicted octanol–water partition coefficient (Wildman–Crippen LogP) is 0.462. The highest BCUT2D eigenvalue weighted by molar-refractivity contribution is 5.83. The Morgan fingerprint density at radius 3 is 2.76 bits per heavy atom. The smallest absolute Gasteiger partial charge is 0.293 e. The molecule has 1 unspecified atom stereocenters. The molecule has 118 valence electrons. The predicted molar refractivity (Wildman–Crippen MR) is 81.3 cm³/mol. The van der Waals surface area contributed by atoms with Gasteiger partial charge >= 0.3 is 0 Å². The first-order valence-electron chi connectivity index (χ1n) is 7.04. The van der Waals surface area contributed by atoms with Crippen molar-refractivity contribution < 1.29 is 9.53 Å². The van der Waals surface area contributed by atoms with Gasteiger partial charge in [0.15, 0.2) is 5.82 Å². The standard InChI is InChI=1S/C14H24N4O3/c1-10(2)9-18-7-5-15-12(14(18)20)17-11(3)13(19)16-6-8-21-4/h5,7,10-11H,6,8-9H2,1-4H3,(H,15,17)(H,16,19). The second-order valence-corrected chi connectivity index (χ2v) is 5.28. The van der Waals surface area contributed by atoms with Crippen molar-refractivity contribution in [1.29, 1.82) is 0 Å². The van der Waals surface area contributed by atoms with E-state index < -0.39 is 6.04 Å². The Hall–Kier alpha value is -1.89. The number of ether oxygens (including phenoxy) is 1. The summed E-state index contributed by atoms with van der Waals surface area (Å²) in [7, 11) is 1.57. The summed E-state index contributed by atoms with van der Waals surface area (Å²) < 4.78 is 6.45. The zero-order valence-corrected chi connectivity index (χ0v) is 13.0. The summed E-state index contributed by atoms with van der Waals surface area (Å²) in [6.07, 6.45) is 3.21. The van der Waals surface area contributed by atoms with Crippen LogP contribution in [0.1, 0.15) is 20.8 Å². The topological polar surface area (TPSA) is 85.2 Å². The minimum atomic E-state index is -0.544. The number of methoxy groups -OCH3 is 1. The lowest BCUT2D eigenvalue weighted by molar-refractivity contribution is -0.121. The number of hydrogen-bond acceptors (Lipinski definition) is 5. The van der Waals surface area contributed by atoms with Crippen LogP contribution in [-0.2, 0) is 16.1 Å². The summed E-state index contributed by atoms with van der Waals surface area (Å²) in [5.74, 6) is 0.341. The molecule has 0 aromatic carbocycles. The summed E-state index contributed by atoms with van der Waals surface area (Å²) in [5.41, 5.74) is -0.220. The zero-order valence-electron chi connectivity index (χ0n) is 13.0. The van der Waals surface area contributed by atoms with E-state index in [4.69, 9.17) is 4.74 Å². The summed E-state index contributed by atoms with van der Waals surface area (Å²) >= 11 is 0. The maximum atomic E-state index is 12.2. The fraction of sp³-hybridized carbons (Fsp3) is 0.643. The van der Waals surface area contributed by atoms with Gasteiger partial charge in [-0.2, -0.15) is 0 Å². The number of nitrogens with zero attached hydrogens (tertiary/aromatic N) is 2. The zero-order chi connectivity index (χ0) is 15.8. The van der Waals surface area contributed by atoms with Gasteiger partial charge < -0.3 is 19.9 Å². The number of carbonyl (C=O) groups is 1. The van der Waals surface area contributed by atoms with Gasteiger partial charge in [-0.3, -0.25) is 9.59 Å². The van der Waals surface area contributed by atoms with Crippen molar-refractivity contribution in [2.45, 2.75) is 33.4 Å². The van der Waals surface area contributed by atoms with Gasteiger partial charge in [0, 0.05) is 32.6 Å². The SMILES string of the molecule is COCCNC(=O)C(C)Nc1nccn(CC(C)C)c1=O. The molecule has 1 aromatic rings. The quantitative estimate of drug-likeness (QED) is 0.681. The molecular weight excluding hydrogens is 272 g/mol. The van der Waals surface area contributed by atoms with Crippen molar-refractivity contribution in [3.63, 3.8) is 0 Å². The van der Waals surface area contributed by atoms with Crippen molar-refractivity contribution >= 4 is 11.7 Å². The van der Waals surface area contributed by atoms with E-state index in [1.165, 1.54) is 0 Å². The summed E-state index contributed by atoms with van der Waals surface area (Å²) in [4.78, 5) is 28.1. The number of nitrogens with one attached hydrogen (secondary N) is 2. The van der Waals surface area contributed by atoms with Crippen LogP contribution in [-0.4, -0.2) is 41.8 Å². The molecule has 2 N–H and O–H groups in total. The van der Waals surface area contributed by atoms with E-state index in [1.54, 1.807) is 31.0 Å². The van der Waals surface area contributed by atoms with E-state index in [0.29, 0.717) is 25.6 Å². The summed E-state index contributed by atoms with van der Waals surface area (Å²) in [6, 6.07) is -0.544.